The van der Waals surface area contributed by atoms with Crippen LogP contribution in [0.15, 0.2) is 0 Å². The summed E-state index contributed by atoms with van der Waals surface area (Å²) in [5.41, 5.74) is 0. The van der Waals surface area contributed by atoms with E-state index >= 15 is 0 Å². The molecule has 0 aromatic heterocycles. The van der Waals surface area contributed by atoms with Crippen molar-refractivity contribution in [1.82, 2.24) is 15.1 Å². The van der Waals surface area contributed by atoms with E-state index < -0.39 is 0 Å². The van der Waals surface area contributed by atoms with E-state index in [4.69, 9.17) is 0 Å². The first kappa shape index (κ1) is 12.8. The summed E-state index contributed by atoms with van der Waals surface area (Å²) in [7, 11) is 0. The van der Waals surface area contributed by atoms with Crippen molar-refractivity contribution in [3.05, 3.63) is 0 Å². The van der Waals surface area contributed by atoms with Gasteiger partial charge in [-0.15, -0.1) is 0 Å². The van der Waals surface area contributed by atoms with Crippen LogP contribution in [0.25, 0.3) is 0 Å². The number of nitrogens with one attached hydrogen (secondary N) is 1. The molecule has 0 saturated carbocycles. The summed E-state index contributed by atoms with van der Waals surface area (Å²) in [5, 5.41) is 3.46. The van der Waals surface area contributed by atoms with Crippen LogP contribution in [0.2, 0.25) is 0 Å². The number of carbonyl (C=O) groups excluding carboxylic acids is 1. The molecule has 0 bridgehead atoms. The van der Waals surface area contributed by atoms with Crippen molar-refractivity contribution in [3.63, 3.8) is 0 Å². The Hall–Kier alpha value is -0.610. The van der Waals surface area contributed by atoms with Gasteiger partial charge in [-0.25, -0.2) is 0 Å². The Morgan fingerprint density at radius 2 is 2.00 bits per heavy atom. The smallest absolute Gasteiger partial charge is 0.236 e. The summed E-state index contributed by atoms with van der Waals surface area (Å²) in [5.74, 6) is 1.92. The lowest BCUT2D eigenvalue weighted by Crippen LogP contribution is -2.46. The average Bonchev–Trinajstić information content (AvgIpc) is 2.77. The van der Waals surface area contributed by atoms with Gasteiger partial charge in [-0.2, -0.15) is 0 Å². The number of rotatable bonds is 4. The molecule has 2 rings (SSSR count). The van der Waals surface area contributed by atoms with E-state index in [0.29, 0.717) is 12.5 Å². The molecule has 2 unspecified atom stereocenters. The zero-order valence-corrected chi connectivity index (χ0v) is 11.1. The molecule has 2 atom stereocenters. The summed E-state index contributed by atoms with van der Waals surface area (Å²) in [4.78, 5) is 16.3. The number of fused-ring (bicyclic) bond motifs is 1. The van der Waals surface area contributed by atoms with Crippen molar-refractivity contribution in [2.24, 2.45) is 11.8 Å². The standard InChI is InChI=1S/C13H25N3O/c1-3-16(4-2)13(17)10-15-6-5-11-7-14-8-12(11)9-15/h11-12,14H,3-10H2,1-2H3. The Labute approximate surface area is 104 Å². The molecular formula is C13H25N3O. The van der Waals surface area contributed by atoms with Crippen molar-refractivity contribution in [2.75, 3.05) is 45.8 Å². The SMILES string of the molecule is CCN(CC)C(=O)CN1CCC2CNCC2C1. The van der Waals surface area contributed by atoms with Crippen molar-refractivity contribution < 1.29 is 4.79 Å². The molecule has 1 amide bonds. The first-order valence-corrected chi connectivity index (χ1v) is 6.95. The topological polar surface area (TPSA) is 35.6 Å². The fourth-order valence-electron chi connectivity index (χ4n) is 3.12. The molecule has 2 aliphatic rings. The van der Waals surface area contributed by atoms with E-state index in [0.717, 1.165) is 44.6 Å². The van der Waals surface area contributed by atoms with Gasteiger partial charge in [-0.3, -0.25) is 9.69 Å². The zero-order valence-electron chi connectivity index (χ0n) is 11.1. The predicted molar refractivity (Wildman–Crippen MR) is 68.8 cm³/mol. The predicted octanol–water partition coefficient (Wildman–Crippen LogP) is 0.396. The number of amides is 1. The normalized spacial score (nSPS) is 29.1. The Bertz CT molecular complexity index is 265. The fourth-order valence-corrected chi connectivity index (χ4v) is 3.12. The van der Waals surface area contributed by atoms with Crippen molar-refractivity contribution >= 4 is 5.91 Å². The highest BCUT2D eigenvalue weighted by Gasteiger charge is 2.33. The van der Waals surface area contributed by atoms with Gasteiger partial charge in [-0.05, 0) is 51.7 Å². The zero-order chi connectivity index (χ0) is 12.3. The second kappa shape index (κ2) is 5.83. The van der Waals surface area contributed by atoms with Crippen LogP contribution in [0.1, 0.15) is 20.3 Å². The van der Waals surface area contributed by atoms with E-state index in [1.165, 1.54) is 13.0 Å². The molecule has 0 spiro atoms. The van der Waals surface area contributed by atoms with Crippen LogP contribution in [0, 0.1) is 11.8 Å². The summed E-state index contributed by atoms with van der Waals surface area (Å²) >= 11 is 0. The number of carbonyl (C=O) groups is 1. The van der Waals surface area contributed by atoms with Crippen LogP contribution in [0.3, 0.4) is 0 Å². The molecule has 1 N–H and O–H groups in total. The lowest BCUT2D eigenvalue weighted by Gasteiger charge is -2.35. The highest BCUT2D eigenvalue weighted by molar-refractivity contribution is 5.78. The van der Waals surface area contributed by atoms with Gasteiger partial charge in [0.25, 0.3) is 0 Å². The highest BCUT2D eigenvalue weighted by atomic mass is 16.2. The highest BCUT2D eigenvalue weighted by Crippen LogP contribution is 2.26. The minimum absolute atomic E-state index is 0.291. The first-order chi connectivity index (χ1) is 8.24. The average molecular weight is 239 g/mol. The molecule has 98 valence electrons. The minimum atomic E-state index is 0.291. The Morgan fingerprint density at radius 1 is 1.29 bits per heavy atom. The Kier molecular flexibility index (Phi) is 4.40. The molecule has 17 heavy (non-hydrogen) atoms. The van der Waals surface area contributed by atoms with E-state index in [-0.39, 0.29) is 0 Å². The van der Waals surface area contributed by atoms with Crippen LogP contribution < -0.4 is 5.32 Å². The first-order valence-electron chi connectivity index (χ1n) is 6.95. The maximum atomic E-state index is 12.0. The number of piperidine rings is 1. The van der Waals surface area contributed by atoms with Gasteiger partial charge in [0.2, 0.25) is 5.91 Å². The molecule has 2 fully saturated rings. The van der Waals surface area contributed by atoms with Crippen molar-refractivity contribution in [3.8, 4) is 0 Å². The maximum absolute atomic E-state index is 12.0. The third kappa shape index (κ3) is 2.99. The maximum Gasteiger partial charge on any atom is 0.236 e. The molecule has 0 aromatic rings. The summed E-state index contributed by atoms with van der Waals surface area (Å²) < 4.78 is 0. The van der Waals surface area contributed by atoms with Gasteiger partial charge in [0.15, 0.2) is 0 Å². The quantitative estimate of drug-likeness (QED) is 0.771. The van der Waals surface area contributed by atoms with Crippen LogP contribution >= 0.6 is 0 Å². The molecule has 0 radical (unpaired) electrons. The summed E-state index contributed by atoms with van der Waals surface area (Å²) in [6.45, 7) is 10.9. The molecule has 0 aromatic carbocycles. The Balaban J connectivity index is 1.81. The second-order valence-corrected chi connectivity index (χ2v) is 5.27. The monoisotopic (exact) mass is 239 g/mol. The molecule has 4 nitrogen and oxygen atoms in total. The number of likely N-dealkylation sites (tertiary alicyclic amines) is 1. The van der Waals surface area contributed by atoms with Crippen LogP contribution in [0.4, 0.5) is 0 Å². The van der Waals surface area contributed by atoms with Crippen LogP contribution in [-0.4, -0.2) is 61.5 Å². The van der Waals surface area contributed by atoms with Crippen LogP contribution in [0.5, 0.6) is 0 Å². The Morgan fingerprint density at radius 3 is 2.71 bits per heavy atom. The van der Waals surface area contributed by atoms with Crippen molar-refractivity contribution in [1.29, 1.82) is 0 Å². The fraction of sp³-hybridized carbons (Fsp3) is 0.923. The molecular weight excluding hydrogens is 214 g/mol. The summed E-state index contributed by atoms with van der Waals surface area (Å²) in [6, 6.07) is 0. The third-order valence-corrected chi connectivity index (χ3v) is 4.26. The number of hydrogen-bond donors (Lipinski definition) is 1. The number of nitrogens with zero attached hydrogens (tertiary/aromatic N) is 2. The minimum Gasteiger partial charge on any atom is -0.342 e. The summed E-state index contributed by atoms with van der Waals surface area (Å²) in [6.07, 6.45) is 1.25. The lowest BCUT2D eigenvalue weighted by atomic mass is 9.89. The van der Waals surface area contributed by atoms with Gasteiger partial charge in [0.05, 0.1) is 6.54 Å². The van der Waals surface area contributed by atoms with Crippen molar-refractivity contribution in [2.45, 2.75) is 20.3 Å². The van der Waals surface area contributed by atoms with Gasteiger partial charge < -0.3 is 10.2 Å². The van der Waals surface area contributed by atoms with Gasteiger partial charge in [-0.1, -0.05) is 0 Å². The number of hydrogen-bond acceptors (Lipinski definition) is 3. The lowest BCUT2D eigenvalue weighted by molar-refractivity contribution is -0.132. The number of likely N-dealkylation sites (N-methyl/N-ethyl adjacent to an activating group) is 1. The van der Waals surface area contributed by atoms with E-state index in [1.807, 2.05) is 4.90 Å². The molecule has 2 aliphatic heterocycles. The van der Waals surface area contributed by atoms with Gasteiger partial charge in [0, 0.05) is 19.6 Å². The molecule has 4 heteroatoms. The largest absolute Gasteiger partial charge is 0.342 e. The van der Waals surface area contributed by atoms with E-state index in [1.54, 1.807) is 0 Å². The van der Waals surface area contributed by atoms with Gasteiger partial charge in [0.1, 0.15) is 0 Å². The second-order valence-electron chi connectivity index (χ2n) is 5.27. The molecule has 2 saturated heterocycles. The van der Waals surface area contributed by atoms with E-state index in [2.05, 4.69) is 24.1 Å². The molecule has 2 heterocycles. The molecule has 0 aliphatic carbocycles. The van der Waals surface area contributed by atoms with Crippen LogP contribution in [-0.2, 0) is 4.79 Å². The van der Waals surface area contributed by atoms with E-state index in [9.17, 15) is 4.79 Å². The van der Waals surface area contributed by atoms with Gasteiger partial charge >= 0.3 is 0 Å². The third-order valence-electron chi connectivity index (χ3n) is 4.26.